The number of hydrogen-bond acceptors (Lipinski definition) is 4. The lowest BCUT2D eigenvalue weighted by Gasteiger charge is -2.02. The highest BCUT2D eigenvalue weighted by Gasteiger charge is 2.14. The standard InChI is InChI=1S/C19H13N3O2S/c20-12-16-8-11-25-19(16)21-17(23)13-22-9-6-15(7-10-22)18(24)14-4-2-1-3-5-14/h1-11H,13H2/p+1. The van der Waals surface area contributed by atoms with Gasteiger partial charge in [-0.3, -0.25) is 9.59 Å². The molecule has 3 aromatic rings. The average molecular weight is 348 g/mol. The van der Waals surface area contributed by atoms with Gasteiger partial charge in [0.05, 0.1) is 5.56 Å². The van der Waals surface area contributed by atoms with Crippen LogP contribution in [0.15, 0.2) is 66.3 Å². The maximum atomic E-state index is 12.3. The maximum Gasteiger partial charge on any atom is 0.290 e. The van der Waals surface area contributed by atoms with Gasteiger partial charge >= 0.3 is 0 Å². The highest BCUT2D eigenvalue weighted by molar-refractivity contribution is 7.14. The lowest BCUT2D eigenvalue weighted by Crippen LogP contribution is -2.39. The fraction of sp³-hybridized carbons (Fsp3) is 0.0526. The Bertz CT molecular complexity index is 941. The Labute approximate surface area is 148 Å². The molecule has 0 aliphatic heterocycles. The number of carbonyl (C=O) groups is 2. The molecular weight excluding hydrogens is 334 g/mol. The Morgan fingerprint density at radius 3 is 2.40 bits per heavy atom. The van der Waals surface area contributed by atoms with E-state index in [2.05, 4.69) is 5.32 Å². The second-order valence-corrected chi connectivity index (χ2v) is 6.19. The van der Waals surface area contributed by atoms with Crippen molar-refractivity contribution in [1.82, 2.24) is 0 Å². The summed E-state index contributed by atoms with van der Waals surface area (Å²) in [7, 11) is 0. The van der Waals surface area contributed by atoms with Gasteiger partial charge in [0.15, 0.2) is 18.2 Å². The summed E-state index contributed by atoms with van der Waals surface area (Å²) >= 11 is 1.31. The molecule has 0 saturated heterocycles. The van der Waals surface area contributed by atoms with Gasteiger partial charge in [-0.05, 0) is 11.4 Å². The molecule has 0 fully saturated rings. The second-order valence-electron chi connectivity index (χ2n) is 5.28. The molecule has 0 aliphatic rings. The van der Waals surface area contributed by atoms with Crippen LogP contribution in [-0.2, 0) is 11.3 Å². The smallest absolute Gasteiger partial charge is 0.290 e. The van der Waals surface area contributed by atoms with E-state index in [0.717, 1.165) is 0 Å². The summed E-state index contributed by atoms with van der Waals surface area (Å²) in [6, 6.07) is 16.1. The predicted octanol–water partition coefficient (Wildman–Crippen LogP) is 2.78. The third kappa shape index (κ3) is 3.97. The van der Waals surface area contributed by atoms with E-state index in [9.17, 15) is 9.59 Å². The lowest BCUT2D eigenvalue weighted by atomic mass is 10.0. The van der Waals surface area contributed by atoms with Crippen molar-refractivity contribution in [2.45, 2.75) is 6.54 Å². The van der Waals surface area contributed by atoms with Crippen LogP contribution in [0.3, 0.4) is 0 Å². The molecule has 0 bridgehead atoms. The number of anilines is 1. The van der Waals surface area contributed by atoms with Gasteiger partial charge in [-0.1, -0.05) is 30.3 Å². The molecular formula is C19H14N3O2S+. The third-order valence-corrected chi connectivity index (χ3v) is 4.38. The van der Waals surface area contributed by atoms with Crippen LogP contribution in [0.25, 0.3) is 0 Å². The molecule has 122 valence electrons. The lowest BCUT2D eigenvalue weighted by molar-refractivity contribution is -0.684. The molecule has 0 radical (unpaired) electrons. The van der Waals surface area contributed by atoms with Crippen molar-refractivity contribution < 1.29 is 14.2 Å². The average Bonchev–Trinajstić information content (AvgIpc) is 3.09. The molecule has 0 aliphatic carbocycles. The fourth-order valence-corrected chi connectivity index (χ4v) is 3.05. The first-order valence-corrected chi connectivity index (χ1v) is 8.41. The number of nitriles is 1. The summed E-state index contributed by atoms with van der Waals surface area (Å²) in [5, 5.41) is 14.0. The highest BCUT2D eigenvalue weighted by atomic mass is 32.1. The van der Waals surface area contributed by atoms with Crippen molar-refractivity contribution >= 4 is 28.0 Å². The number of pyridine rings is 1. The molecule has 3 rings (SSSR count). The first kappa shape index (κ1) is 16.6. The quantitative estimate of drug-likeness (QED) is 0.569. The van der Waals surface area contributed by atoms with Gasteiger partial charge in [0, 0.05) is 23.3 Å². The van der Waals surface area contributed by atoms with Gasteiger partial charge in [-0.25, -0.2) is 0 Å². The molecule has 0 saturated carbocycles. The third-order valence-electron chi connectivity index (χ3n) is 3.55. The highest BCUT2D eigenvalue weighted by Crippen LogP contribution is 2.21. The van der Waals surface area contributed by atoms with Gasteiger partial charge < -0.3 is 5.32 Å². The molecule has 25 heavy (non-hydrogen) atoms. The summed E-state index contributed by atoms with van der Waals surface area (Å²) in [5.41, 5.74) is 1.64. The number of aromatic nitrogens is 1. The van der Waals surface area contributed by atoms with Crippen LogP contribution in [-0.4, -0.2) is 11.7 Å². The Morgan fingerprint density at radius 1 is 1.04 bits per heavy atom. The van der Waals surface area contributed by atoms with Crippen molar-refractivity contribution in [2.24, 2.45) is 0 Å². The molecule has 1 N–H and O–H groups in total. The van der Waals surface area contributed by atoms with E-state index in [1.165, 1.54) is 11.3 Å². The Balaban J connectivity index is 1.66. The summed E-state index contributed by atoms with van der Waals surface area (Å²) in [4.78, 5) is 24.4. The van der Waals surface area contributed by atoms with Gasteiger partial charge in [0.25, 0.3) is 5.91 Å². The van der Waals surface area contributed by atoms with Crippen molar-refractivity contribution in [2.75, 3.05) is 5.32 Å². The van der Waals surface area contributed by atoms with Crippen molar-refractivity contribution in [3.05, 3.63) is 83.0 Å². The molecule has 2 heterocycles. The van der Waals surface area contributed by atoms with Crippen LogP contribution < -0.4 is 9.88 Å². The van der Waals surface area contributed by atoms with Crippen molar-refractivity contribution in [3.8, 4) is 6.07 Å². The largest absolute Gasteiger partial charge is 0.311 e. The molecule has 6 heteroatoms. The monoisotopic (exact) mass is 348 g/mol. The van der Waals surface area contributed by atoms with E-state index in [1.54, 1.807) is 52.7 Å². The van der Waals surface area contributed by atoms with Crippen LogP contribution in [0, 0.1) is 11.3 Å². The summed E-state index contributed by atoms with van der Waals surface area (Å²) in [6.45, 7) is 0.0998. The van der Waals surface area contributed by atoms with Crippen LogP contribution in [0.5, 0.6) is 0 Å². The number of nitrogens with zero attached hydrogens (tertiary/aromatic N) is 2. The van der Waals surface area contributed by atoms with E-state index in [4.69, 9.17) is 5.26 Å². The molecule has 1 amide bonds. The first-order chi connectivity index (χ1) is 12.2. The van der Waals surface area contributed by atoms with E-state index in [1.807, 2.05) is 24.3 Å². The first-order valence-electron chi connectivity index (χ1n) is 7.53. The van der Waals surface area contributed by atoms with Gasteiger partial charge in [0.1, 0.15) is 11.1 Å². The Kier molecular flexibility index (Phi) is 4.97. The normalized spacial score (nSPS) is 10.0. The SMILES string of the molecule is N#Cc1ccsc1NC(=O)C[n+]1ccc(C(=O)c2ccccc2)cc1. The van der Waals surface area contributed by atoms with Gasteiger partial charge in [0.2, 0.25) is 6.54 Å². The molecule has 0 spiro atoms. The number of ketones is 1. The molecule has 1 aromatic carbocycles. The number of carbonyl (C=O) groups excluding carboxylic acids is 2. The van der Waals surface area contributed by atoms with Crippen LogP contribution in [0.4, 0.5) is 5.00 Å². The van der Waals surface area contributed by atoms with Crippen LogP contribution in [0.2, 0.25) is 0 Å². The zero-order chi connectivity index (χ0) is 17.6. The minimum atomic E-state index is -0.230. The zero-order valence-corrected chi connectivity index (χ0v) is 14.0. The van der Waals surface area contributed by atoms with Gasteiger partial charge in [-0.2, -0.15) is 9.83 Å². The van der Waals surface area contributed by atoms with E-state index in [-0.39, 0.29) is 18.2 Å². The molecule has 0 unspecified atom stereocenters. The summed E-state index contributed by atoms with van der Waals surface area (Å²) < 4.78 is 1.68. The van der Waals surface area contributed by atoms with Crippen LogP contribution >= 0.6 is 11.3 Å². The van der Waals surface area contributed by atoms with Gasteiger partial charge in [-0.15, -0.1) is 11.3 Å². The molecule has 2 aromatic heterocycles. The van der Waals surface area contributed by atoms with E-state index >= 15 is 0 Å². The second kappa shape index (κ2) is 7.51. The van der Waals surface area contributed by atoms with E-state index in [0.29, 0.717) is 21.7 Å². The maximum absolute atomic E-state index is 12.3. The number of amides is 1. The molecule has 0 atom stereocenters. The van der Waals surface area contributed by atoms with Crippen LogP contribution in [0.1, 0.15) is 21.5 Å². The number of thiophene rings is 1. The van der Waals surface area contributed by atoms with E-state index < -0.39 is 0 Å². The number of benzene rings is 1. The molecule has 5 nitrogen and oxygen atoms in total. The zero-order valence-electron chi connectivity index (χ0n) is 13.2. The van der Waals surface area contributed by atoms with Crippen molar-refractivity contribution in [1.29, 1.82) is 5.26 Å². The number of hydrogen-bond donors (Lipinski definition) is 1. The summed E-state index contributed by atoms with van der Waals surface area (Å²) in [6.07, 6.45) is 3.38. The topological polar surface area (TPSA) is 73.8 Å². The summed E-state index contributed by atoms with van der Waals surface area (Å²) in [5.74, 6) is -0.291. The minimum absolute atomic E-state index is 0.0607. The van der Waals surface area contributed by atoms with Crippen molar-refractivity contribution in [3.63, 3.8) is 0 Å². The Morgan fingerprint density at radius 2 is 1.72 bits per heavy atom. The number of nitrogens with one attached hydrogen (secondary N) is 1. The predicted molar refractivity (Wildman–Crippen MR) is 94.2 cm³/mol. The number of rotatable bonds is 5. The minimum Gasteiger partial charge on any atom is -0.311 e. The Hall–Kier alpha value is -3.30. The fourth-order valence-electron chi connectivity index (χ4n) is 2.30.